The summed E-state index contributed by atoms with van der Waals surface area (Å²) in [5, 5.41) is 24.0. The number of hydrogen-bond donors (Lipinski definition) is 2. The van der Waals surface area contributed by atoms with Crippen molar-refractivity contribution >= 4 is 34.8 Å². The first-order chi connectivity index (χ1) is 14.9. The van der Waals surface area contributed by atoms with E-state index in [0.29, 0.717) is 41.1 Å². The summed E-state index contributed by atoms with van der Waals surface area (Å²) in [6.07, 6.45) is 3.96. The van der Waals surface area contributed by atoms with Crippen LogP contribution in [0.15, 0.2) is 42.2 Å². The SMILES string of the molecule is C=CC(=O)N1CC(N2CCc3c(ccnc3/C(Cc3cc(Cl)c(Cl)cc3O)=N/O)C2)C1. The molecule has 7 nitrogen and oxygen atoms in total. The molecule has 2 aliphatic heterocycles. The van der Waals surface area contributed by atoms with Gasteiger partial charge in [-0.3, -0.25) is 14.7 Å². The minimum atomic E-state index is -0.0329. The van der Waals surface area contributed by atoms with Crippen molar-refractivity contribution in [1.29, 1.82) is 0 Å². The second kappa shape index (κ2) is 8.86. The van der Waals surface area contributed by atoms with E-state index < -0.39 is 0 Å². The van der Waals surface area contributed by atoms with Crippen molar-refractivity contribution in [3.8, 4) is 5.75 Å². The van der Waals surface area contributed by atoms with Gasteiger partial charge in [0.15, 0.2) is 0 Å². The maximum absolute atomic E-state index is 11.7. The van der Waals surface area contributed by atoms with Crippen molar-refractivity contribution in [2.75, 3.05) is 19.6 Å². The summed E-state index contributed by atoms with van der Waals surface area (Å²) in [6.45, 7) is 6.51. The largest absolute Gasteiger partial charge is 0.508 e. The number of pyridine rings is 1. The molecule has 2 aromatic rings. The third-order valence-corrected chi connectivity index (χ3v) is 6.64. The van der Waals surface area contributed by atoms with Crippen LogP contribution >= 0.6 is 23.2 Å². The van der Waals surface area contributed by atoms with E-state index in [-0.39, 0.29) is 23.1 Å². The van der Waals surface area contributed by atoms with Crippen molar-refractivity contribution in [3.63, 3.8) is 0 Å². The van der Waals surface area contributed by atoms with Gasteiger partial charge in [0.2, 0.25) is 5.91 Å². The van der Waals surface area contributed by atoms with E-state index in [2.05, 4.69) is 21.6 Å². The van der Waals surface area contributed by atoms with E-state index in [0.717, 1.165) is 30.6 Å². The average molecular weight is 461 g/mol. The van der Waals surface area contributed by atoms with Gasteiger partial charge in [-0.05, 0) is 35.8 Å². The fraction of sp³-hybridized carbons (Fsp3) is 0.318. The molecule has 1 amide bonds. The molecule has 0 spiro atoms. The van der Waals surface area contributed by atoms with Crippen LogP contribution < -0.4 is 0 Å². The Bertz CT molecular complexity index is 1070. The van der Waals surface area contributed by atoms with Gasteiger partial charge in [0, 0.05) is 56.5 Å². The first kappa shape index (κ1) is 21.6. The molecular weight excluding hydrogens is 439 g/mol. The lowest BCUT2D eigenvalue weighted by molar-refractivity contribution is -0.133. The number of fused-ring (bicyclic) bond motifs is 1. The van der Waals surface area contributed by atoms with Crippen LogP contribution in [0.25, 0.3) is 0 Å². The molecule has 0 unspecified atom stereocenters. The molecule has 9 heteroatoms. The molecule has 162 valence electrons. The number of rotatable bonds is 5. The first-order valence-corrected chi connectivity index (χ1v) is 10.7. The molecule has 1 fully saturated rings. The number of oxime groups is 1. The van der Waals surface area contributed by atoms with Crippen molar-refractivity contribution in [1.82, 2.24) is 14.8 Å². The van der Waals surface area contributed by atoms with E-state index in [1.165, 1.54) is 12.1 Å². The van der Waals surface area contributed by atoms with Gasteiger partial charge >= 0.3 is 0 Å². The number of carbonyl (C=O) groups is 1. The number of aromatic hydroxyl groups is 1. The predicted octanol–water partition coefficient (Wildman–Crippen LogP) is 3.27. The number of phenols is 1. The van der Waals surface area contributed by atoms with Crippen molar-refractivity contribution in [2.45, 2.75) is 25.4 Å². The van der Waals surface area contributed by atoms with Crippen LogP contribution in [0.2, 0.25) is 10.0 Å². The van der Waals surface area contributed by atoms with E-state index in [1.54, 1.807) is 17.2 Å². The van der Waals surface area contributed by atoms with Crippen molar-refractivity contribution in [3.05, 3.63) is 69.5 Å². The van der Waals surface area contributed by atoms with Crippen LogP contribution in [-0.2, 0) is 24.2 Å². The summed E-state index contributed by atoms with van der Waals surface area (Å²) >= 11 is 12.0. The Balaban J connectivity index is 1.52. The van der Waals surface area contributed by atoms with E-state index in [9.17, 15) is 15.1 Å². The van der Waals surface area contributed by atoms with Gasteiger partial charge in [0.05, 0.1) is 15.7 Å². The molecule has 1 saturated heterocycles. The molecule has 1 aromatic carbocycles. The zero-order valence-electron chi connectivity index (χ0n) is 16.8. The zero-order chi connectivity index (χ0) is 22.1. The number of aromatic nitrogens is 1. The van der Waals surface area contributed by atoms with E-state index >= 15 is 0 Å². The third-order valence-electron chi connectivity index (χ3n) is 5.91. The Morgan fingerprint density at radius 3 is 2.77 bits per heavy atom. The Morgan fingerprint density at radius 2 is 2.06 bits per heavy atom. The minimum Gasteiger partial charge on any atom is -0.508 e. The number of hydrogen-bond acceptors (Lipinski definition) is 6. The molecule has 0 bridgehead atoms. The molecule has 31 heavy (non-hydrogen) atoms. The van der Waals surface area contributed by atoms with Gasteiger partial charge in [-0.1, -0.05) is 34.9 Å². The highest BCUT2D eigenvalue weighted by atomic mass is 35.5. The number of phenolic OH excluding ortho intramolecular Hbond substituents is 1. The lowest BCUT2D eigenvalue weighted by atomic mass is 9.92. The maximum Gasteiger partial charge on any atom is 0.246 e. The Hall–Kier alpha value is -2.61. The lowest BCUT2D eigenvalue weighted by Crippen LogP contribution is -2.61. The summed E-state index contributed by atoms with van der Waals surface area (Å²) in [5.74, 6) is -0.0513. The topological polar surface area (TPSA) is 89.3 Å². The predicted molar refractivity (Wildman–Crippen MR) is 119 cm³/mol. The normalized spacial score (nSPS) is 17.2. The second-order valence-corrected chi connectivity index (χ2v) is 8.55. The summed E-state index contributed by atoms with van der Waals surface area (Å²) in [6, 6.07) is 5.24. The molecule has 0 aliphatic carbocycles. The Labute approximate surface area is 190 Å². The molecule has 0 saturated carbocycles. The Kier molecular flexibility index (Phi) is 6.18. The summed E-state index contributed by atoms with van der Waals surface area (Å²) in [4.78, 5) is 20.3. The summed E-state index contributed by atoms with van der Waals surface area (Å²) < 4.78 is 0. The third kappa shape index (κ3) is 4.26. The van der Waals surface area contributed by atoms with Gasteiger partial charge in [0.1, 0.15) is 11.5 Å². The van der Waals surface area contributed by atoms with E-state index in [4.69, 9.17) is 23.2 Å². The number of amides is 1. The van der Waals surface area contributed by atoms with Crippen molar-refractivity contribution < 1.29 is 15.1 Å². The average Bonchev–Trinajstić information content (AvgIpc) is 2.73. The lowest BCUT2D eigenvalue weighted by Gasteiger charge is -2.46. The minimum absolute atomic E-state index is 0.0184. The fourth-order valence-electron chi connectivity index (χ4n) is 4.13. The summed E-state index contributed by atoms with van der Waals surface area (Å²) in [5.41, 5.74) is 3.61. The van der Waals surface area contributed by atoms with Crippen LogP contribution in [0.5, 0.6) is 5.75 Å². The van der Waals surface area contributed by atoms with E-state index in [1.807, 2.05) is 6.07 Å². The van der Waals surface area contributed by atoms with Gasteiger partial charge in [-0.25, -0.2) is 0 Å². The molecule has 2 aliphatic rings. The number of likely N-dealkylation sites (tertiary alicyclic amines) is 1. The number of carbonyl (C=O) groups excluding carboxylic acids is 1. The summed E-state index contributed by atoms with van der Waals surface area (Å²) in [7, 11) is 0. The molecule has 2 N–H and O–H groups in total. The molecule has 0 radical (unpaired) electrons. The molecule has 3 heterocycles. The van der Waals surface area contributed by atoms with Crippen LogP contribution in [0.1, 0.15) is 22.4 Å². The second-order valence-electron chi connectivity index (χ2n) is 7.74. The molecule has 0 atom stereocenters. The maximum atomic E-state index is 11.7. The zero-order valence-corrected chi connectivity index (χ0v) is 18.3. The highest BCUT2D eigenvalue weighted by Crippen LogP contribution is 2.32. The highest BCUT2D eigenvalue weighted by molar-refractivity contribution is 6.42. The highest BCUT2D eigenvalue weighted by Gasteiger charge is 2.35. The van der Waals surface area contributed by atoms with Crippen LogP contribution in [0, 0.1) is 0 Å². The van der Waals surface area contributed by atoms with Crippen LogP contribution in [0.4, 0.5) is 0 Å². The van der Waals surface area contributed by atoms with Gasteiger partial charge < -0.3 is 15.2 Å². The monoisotopic (exact) mass is 460 g/mol. The molecular formula is C22H22Cl2N4O3. The van der Waals surface area contributed by atoms with Crippen molar-refractivity contribution in [2.24, 2.45) is 5.16 Å². The van der Waals surface area contributed by atoms with Gasteiger partial charge in [0.25, 0.3) is 0 Å². The standard InChI is InChI=1S/C22H22Cl2N4O3/c1-2-21(30)28-11-15(12-28)27-6-4-16-13(10-27)3-5-25-22(16)19(26-31)8-14-7-17(23)18(24)9-20(14)29/h2-3,5,7,9,15,29,31H,1,4,6,8,10-12H2/b26-19+. The number of halogens is 2. The van der Waals surface area contributed by atoms with Gasteiger partial charge in [-0.2, -0.15) is 0 Å². The quantitative estimate of drug-likeness (QED) is 0.309. The number of nitrogens with zero attached hydrogens (tertiary/aromatic N) is 4. The first-order valence-electron chi connectivity index (χ1n) is 9.91. The molecule has 1 aromatic heterocycles. The fourth-order valence-corrected chi connectivity index (χ4v) is 4.48. The number of benzene rings is 1. The van der Waals surface area contributed by atoms with Gasteiger partial charge in [-0.15, -0.1) is 0 Å². The smallest absolute Gasteiger partial charge is 0.246 e. The molecule has 4 rings (SSSR count). The Morgan fingerprint density at radius 1 is 1.32 bits per heavy atom. The van der Waals surface area contributed by atoms with Crippen LogP contribution in [0.3, 0.4) is 0 Å². The van der Waals surface area contributed by atoms with Crippen LogP contribution in [-0.4, -0.2) is 62.4 Å².